The van der Waals surface area contributed by atoms with Crippen LogP contribution in [0.15, 0.2) is 12.2 Å². The van der Waals surface area contributed by atoms with Crippen LogP contribution in [-0.2, 0) is 0 Å². The van der Waals surface area contributed by atoms with Gasteiger partial charge in [0.1, 0.15) is 0 Å². The Bertz CT molecular complexity index is 274. The van der Waals surface area contributed by atoms with Gasteiger partial charge in [-0.2, -0.15) is 0 Å². The quantitative estimate of drug-likeness (QED) is 0.345. The van der Waals surface area contributed by atoms with Gasteiger partial charge in [-0.1, -0.05) is 76.9 Å². The molecule has 2 saturated carbocycles. The molecule has 2 rings (SSSR count). The molecule has 0 saturated heterocycles. The second-order valence-electron chi connectivity index (χ2n) is 7.89. The third kappa shape index (κ3) is 6.17. The second kappa shape index (κ2) is 9.70. The summed E-state index contributed by atoms with van der Waals surface area (Å²) in [5, 5.41) is 0. The summed E-state index contributed by atoms with van der Waals surface area (Å²) in [7, 11) is 0. The highest BCUT2D eigenvalue weighted by molar-refractivity contribution is 4.88. The van der Waals surface area contributed by atoms with Crippen molar-refractivity contribution in [2.24, 2.45) is 23.7 Å². The highest BCUT2D eigenvalue weighted by Crippen LogP contribution is 2.35. The number of hydrogen-bond donors (Lipinski definition) is 0. The van der Waals surface area contributed by atoms with Gasteiger partial charge in [0.15, 0.2) is 0 Å². The number of hydrogen-bond acceptors (Lipinski definition) is 0. The van der Waals surface area contributed by atoms with Crippen molar-refractivity contribution in [1.82, 2.24) is 0 Å². The van der Waals surface area contributed by atoms with Crippen LogP contribution in [-0.4, -0.2) is 0 Å². The molecule has 2 fully saturated rings. The van der Waals surface area contributed by atoms with E-state index in [9.17, 15) is 0 Å². The Morgan fingerprint density at radius 3 is 1.67 bits per heavy atom. The molecule has 0 spiro atoms. The van der Waals surface area contributed by atoms with Crippen molar-refractivity contribution < 1.29 is 0 Å². The van der Waals surface area contributed by atoms with Crippen molar-refractivity contribution in [3.8, 4) is 0 Å². The fourth-order valence-electron chi connectivity index (χ4n) is 4.74. The molecule has 0 unspecified atom stereocenters. The lowest BCUT2D eigenvalue weighted by atomic mass is 9.77. The molecule has 2 aliphatic carbocycles. The van der Waals surface area contributed by atoms with Crippen molar-refractivity contribution in [1.29, 1.82) is 0 Å². The first-order valence-electron chi connectivity index (χ1n) is 9.94. The summed E-state index contributed by atoms with van der Waals surface area (Å²) >= 11 is 0. The Labute approximate surface area is 133 Å². The zero-order valence-electron chi connectivity index (χ0n) is 14.7. The minimum atomic E-state index is 0.903. The summed E-state index contributed by atoms with van der Waals surface area (Å²) in [5.74, 6) is 4.11. The summed E-state index contributed by atoms with van der Waals surface area (Å²) in [6, 6.07) is 0. The van der Waals surface area contributed by atoms with E-state index in [0.717, 1.165) is 23.7 Å². The minimum Gasteiger partial charge on any atom is -0.0914 e. The molecule has 0 N–H and O–H groups in total. The Balaban J connectivity index is 1.49. The fourth-order valence-corrected chi connectivity index (χ4v) is 4.74. The fraction of sp³-hybridized carbons (Fsp3) is 0.905. The summed E-state index contributed by atoms with van der Waals surface area (Å²) < 4.78 is 0. The Morgan fingerprint density at radius 2 is 1.19 bits per heavy atom. The number of rotatable bonds is 7. The topological polar surface area (TPSA) is 0 Å². The Hall–Kier alpha value is -0.260. The third-order valence-corrected chi connectivity index (χ3v) is 6.37. The van der Waals surface area contributed by atoms with E-state index in [1.807, 2.05) is 0 Å². The molecule has 0 nitrogen and oxygen atoms in total. The molecule has 122 valence electrons. The van der Waals surface area contributed by atoms with E-state index in [1.165, 1.54) is 83.5 Å². The molecule has 0 amide bonds. The van der Waals surface area contributed by atoms with Crippen LogP contribution in [0.2, 0.25) is 0 Å². The minimum absolute atomic E-state index is 0.903. The zero-order chi connectivity index (χ0) is 14.9. The highest BCUT2D eigenvalue weighted by Gasteiger charge is 2.21. The van der Waals surface area contributed by atoms with Gasteiger partial charge in [-0.05, 0) is 56.3 Å². The molecule has 0 aliphatic heterocycles. The first kappa shape index (κ1) is 17.1. The van der Waals surface area contributed by atoms with Gasteiger partial charge in [-0.15, -0.1) is 0 Å². The molecule has 0 aromatic carbocycles. The van der Waals surface area contributed by atoms with Gasteiger partial charge in [0.05, 0.1) is 0 Å². The number of allylic oxidation sites excluding steroid dienone is 2. The Kier molecular flexibility index (Phi) is 7.89. The summed E-state index contributed by atoms with van der Waals surface area (Å²) in [4.78, 5) is 0. The van der Waals surface area contributed by atoms with Crippen molar-refractivity contribution in [3.05, 3.63) is 12.2 Å². The standard InChI is InChI=1S/C21H38/c1-3-7-19-14-16-21(17-15-19)9-6-5-8-20-12-10-18(4-2)11-13-20/h3,7,18-21H,4-6,8-17H2,1-2H3/b7-3+/t18-,19?,20-,21?. The van der Waals surface area contributed by atoms with Gasteiger partial charge >= 0.3 is 0 Å². The first-order chi connectivity index (χ1) is 10.3. The molecule has 0 radical (unpaired) electrons. The van der Waals surface area contributed by atoms with E-state index in [1.54, 1.807) is 0 Å². The van der Waals surface area contributed by atoms with Crippen molar-refractivity contribution in [2.75, 3.05) is 0 Å². The molecular formula is C21H38. The van der Waals surface area contributed by atoms with Gasteiger partial charge in [0.2, 0.25) is 0 Å². The normalized spacial score (nSPS) is 34.4. The van der Waals surface area contributed by atoms with Crippen LogP contribution < -0.4 is 0 Å². The molecule has 0 aromatic heterocycles. The van der Waals surface area contributed by atoms with E-state index < -0.39 is 0 Å². The average molecular weight is 291 g/mol. The molecule has 2 aliphatic rings. The lowest BCUT2D eigenvalue weighted by molar-refractivity contribution is 0.247. The van der Waals surface area contributed by atoms with Crippen LogP contribution >= 0.6 is 0 Å². The molecule has 0 aromatic rings. The van der Waals surface area contributed by atoms with E-state index in [4.69, 9.17) is 0 Å². The van der Waals surface area contributed by atoms with Crippen LogP contribution in [0.25, 0.3) is 0 Å². The van der Waals surface area contributed by atoms with Crippen molar-refractivity contribution >= 4 is 0 Å². The lowest BCUT2D eigenvalue weighted by Crippen LogP contribution is -2.14. The van der Waals surface area contributed by atoms with E-state index in [2.05, 4.69) is 26.0 Å². The monoisotopic (exact) mass is 290 g/mol. The molecule has 21 heavy (non-hydrogen) atoms. The maximum Gasteiger partial charge on any atom is -0.0233 e. The van der Waals surface area contributed by atoms with Gasteiger partial charge in [-0.25, -0.2) is 0 Å². The SMILES string of the molecule is C/C=C/C1CCC(CCCC[C@H]2CC[C@H](CC)CC2)CC1. The smallest absolute Gasteiger partial charge is 0.0233 e. The van der Waals surface area contributed by atoms with Gasteiger partial charge in [-0.3, -0.25) is 0 Å². The van der Waals surface area contributed by atoms with E-state index in [0.29, 0.717) is 0 Å². The van der Waals surface area contributed by atoms with Crippen LogP contribution in [0.5, 0.6) is 0 Å². The van der Waals surface area contributed by atoms with Gasteiger partial charge in [0, 0.05) is 0 Å². The third-order valence-electron chi connectivity index (χ3n) is 6.37. The summed E-state index contributed by atoms with van der Waals surface area (Å²) in [5.41, 5.74) is 0. The van der Waals surface area contributed by atoms with Gasteiger partial charge < -0.3 is 0 Å². The average Bonchev–Trinajstić information content (AvgIpc) is 2.54. The molecule has 0 bridgehead atoms. The first-order valence-corrected chi connectivity index (χ1v) is 9.94. The molecule has 0 atom stereocenters. The van der Waals surface area contributed by atoms with E-state index in [-0.39, 0.29) is 0 Å². The predicted molar refractivity (Wildman–Crippen MR) is 94.5 cm³/mol. The maximum absolute atomic E-state index is 2.43. The summed E-state index contributed by atoms with van der Waals surface area (Å²) in [6.45, 7) is 4.54. The molecule has 0 heteroatoms. The van der Waals surface area contributed by atoms with Crippen LogP contribution in [0.1, 0.15) is 97.3 Å². The van der Waals surface area contributed by atoms with Gasteiger partial charge in [0.25, 0.3) is 0 Å². The van der Waals surface area contributed by atoms with Crippen LogP contribution in [0.3, 0.4) is 0 Å². The molecular weight excluding hydrogens is 252 g/mol. The highest BCUT2D eigenvalue weighted by atomic mass is 14.3. The second-order valence-corrected chi connectivity index (χ2v) is 7.89. The zero-order valence-corrected chi connectivity index (χ0v) is 14.7. The maximum atomic E-state index is 2.43. The summed E-state index contributed by atoms with van der Waals surface area (Å²) in [6.07, 6.45) is 24.2. The van der Waals surface area contributed by atoms with Crippen LogP contribution in [0.4, 0.5) is 0 Å². The van der Waals surface area contributed by atoms with Crippen molar-refractivity contribution in [2.45, 2.75) is 97.3 Å². The lowest BCUT2D eigenvalue weighted by Gasteiger charge is -2.28. The largest absolute Gasteiger partial charge is 0.0914 e. The van der Waals surface area contributed by atoms with Crippen LogP contribution in [0, 0.1) is 23.7 Å². The number of unbranched alkanes of at least 4 members (excludes halogenated alkanes) is 1. The Morgan fingerprint density at radius 1 is 0.714 bits per heavy atom. The predicted octanol–water partition coefficient (Wildman–Crippen LogP) is 7.15. The molecule has 0 heterocycles. The van der Waals surface area contributed by atoms with Crippen molar-refractivity contribution in [3.63, 3.8) is 0 Å². The van der Waals surface area contributed by atoms with E-state index >= 15 is 0 Å².